The molecule has 2 atom stereocenters. The topological polar surface area (TPSA) is 40.5 Å². The maximum atomic E-state index is 12.0. The molecule has 0 spiro atoms. The van der Waals surface area contributed by atoms with E-state index in [2.05, 4.69) is 13.8 Å². The van der Waals surface area contributed by atoms with Crippen LogP contribution >= 0.6 is 0 Å². The van der Waals surface area contributed by atoms with Crippen molar-refractivity contribution in [3.05, 3.63) is 0 Å². The van der Waals surface area contributed by atoms with Crippen LogP contribution in [-0.4, -0.2) is 35.6 Å². The molecular weight excluding hydrogens is 190 g/mol. The van der Waals surface area contributed by atoms with Gasteiger partial charge in [-0.05, 0) is 30.6 Å². The zero-order valence-corrected chi connectivity index (χ0v) is 9.70. The monoisotopic (exact) mass is 211 g/mol. The van der Waals surface area contributed by atoms with Gasteiger partial charge in [0, 0.05) is 25.6 Å². The first kappa shape index (κ1) is 10.9. The zero-order chi connectivity index (χ0) is 11.1. The summed E-state index contributed by atoms with van der Waals surface area (Å²) in [5.74, 6) is 1.15. The highest BCUT2D eigenvalue weighted by molar-refractivity contribution is 5.82. The van der Waals surface area contributed by atoms with Crippen LogP contribution in [0.3, 0.4) is 0 Å². The van der Waals surface area contributed by atoms with Gasteiger partial charge in [0.05, 0.1) is 0 Å². The van der Waals surface area contributed by atoms with Crippen molar-refractivity contribution in [2.75, 3.05) is 19.7 Å². The summed E-state index contributed by atoms with van der Waals surface area (Å²) in [5.41, 5.74) is 0.242. The van der Waals surface area contributed by atoms with Crippen molar-refractivity contribution in [1.82, 2.24) is 4.90 Å². The molecule has 2 fully saturated rings. The molecular formula is C12H21NO2. The summed E-state index contributed by atoms with van der Waals surface area (Å²) in [5, 5.41) is 8.85. The van der Waals surface area contributed by atoms with Gasteiger partial charge in [0.25, 0.3) is 0 Å². The second-order valence-electron chi connectivity index (χ2n) is 5.70. The lowest BCUT2D eigenvalue weighted by Crippen LogP contribution is -2.31. The fourth-order valence-corrected chi connectivity index (χ4v) is 2.56. The number of carbonyl (C=O) groups excluding carboxylic acids is 1. The van der Waals surface area contributed by atoms with Crippen molar-refractivity contribution in [2.45, 2.75) is 33.1 Å². The zero-order valence-electron chi connectivity index (χ0n) is 9.70. The SMILES string of the molecule is CC1(C)CC1C(=O)N1CCC(CCO)C1. The molecule has 0 aromatic heterocycles. The van der Waals surface area contributed by atoms with Crippen LogP contribution in [0.2, 0.25) is 0 Å². The van der Waals surface area contributed by atoms with Crippen LogP contribution in [0.5, 0.6) is 0 Å². The number of aliphatic hydroxyl groups excluding tert-OH is 1. The Morgan fingerprint density at radius 2 is 2.20 bits per heavy atom. The Kier molecular flexibility index (Phi) is 2.75. The molecule has 1 aliphatic heterocycles. The van der Waals surface area contributed by atoms with E-state index >= 15 is 0 Å². The van der Waals surface area contributed by atoms with Crippen LogP contribution < -0.4 is 0 Å². The Balaban J connectivity index is 1.84. The van der Waals surface area contributed by atoms with Gasteiger partial charge in [0.15, 0.2) is 0 Å². The van der Waals surface area contributed by atoms with Crippen LogP contribution in [0, 0.1) is 17.3 Å². The average Bonchev–Trinajstić information content (AvgIpc) is 2.64. The van der Waals surface area contributed by atoms with Gasteiger partial charge in [-0.3, -0.25) is 4.79 Å². The largest absolute Gasteiger partial charge is 0.396 e. The minimum Gasteiger partial charge on any atom is -0.396 e. The number of carbonyl (C=O) groups is 1. The molecule has 1 heterocycles. The number of amides is 1. The predicted molar refractivity (Wildman–Crippen MR) is 58.3 cm³/mol. The molecule has 1 N–H and O–H groups in total. The second kappa shape index (κ2) is 3.78. The molecule has 1 aliphatic carbocycles. The minimum atomic E-state index is 0.242. The fourth-order valence-electron chi connectivity index (χ4n) is 2.56. The summed E-state index contributed by atoms with van der Waals surface area (Å²) in [7, 11) is 0. The third kappa shape index (κ3) is 2.17. The van der Waals surface area contributed by atoms with Gasteiger partial charge in [0.1, 0.15) is 0 Å². The van der Waals surface area contributed by atoms with Gasteiger partial charge in [-0.2, -0.15) is 0 Å². The summed E-state index contributed by atoms with van der Waals surface area (Å²) in [6.07, 6.45) is 2.96. The molecule has 1 amide bonds. The van der Waals surface area contributed by atoms with Crippen molar-refractivity contribution in [3.8, 4) is 0 Å². The molecule has 2 aliphatic rings. The smallest absolute Gasteiger partial charge is 0.226 e. The minimum absolute atomic E-state index is 0.242. The van der Waals surface area contributed by atoms with Crippen LogP contribution in [0.25, 0.3) is 0 Å². The Morgan fingerprint density at radius 3 is 2.73 bits per heavy atom. The fraction of sp³-hybridized carbons (Fsp3) is 0.917. The summed E-state index contributed by atoms with van der Waals surface area (Å²) in [6.45, 7) is 6.34. The number of hydrogen-bond acceptors (Lipinski definition) is 2. The Bertz CT molecular complexity index is 262. The molecule has 3 nitrogen and oxygen atoms in total. The molecule has 0 bridgehead atoms. The van der Waals surface area contributed by atoms with Crippen molar-refractivity contribution in [1.29, 1.82) is 0 Å². The van der Waals surface area contributed by atoms with E-state index in [1.165, 1.54) is 0 Å². The van der Waals surface area contributed by atoms with E-state index in [0.717, 1.165) is 32.4 Å². The van der Waals surface area contributed by atoms with Gasteiger partial charge in [-0.1, -0.05) is 13.8 Å². The number of aliphatic hydroxyl groups is 1. The maximum Gasteiger partial charge on any atom is 0.226 e. The van der Waals surface area contributed by atoms with Gasteiger partial charge < -0.3 is 10.0 Å². The molecule has 15 heavy (non-hydrogen) atoms. The Hall–Kier alpha value is -0.570. The van der Waals surface area contributed by atoms with Crippen molar-refractivity contribution >= 4 is 5.91 Å². The molecule has 0 aromatic carbocycles. The normalized spacial score (nSPS) is 33.1. The highest BCUT2D eigenvalue weighted by atomic mass is 16.3. The number of nitrogens with zero attached hydrogens (tertiary/aromatic N) is 1. The maximum absolute atomic E-state index is 12.0. The molecule has 2 unspecified atom stereocenters. The first-order chi connectivity index (χ1) is 7.04. The number of likely N-dealkylation sites (tertiary alicyclic amines) is 1. The van der Waals surface area contributed by atoms with E-state index < -0.39 is 0 Å². The number of hydrogen-bond donors (Lipinski definition) is 1. The summed E-state index contributed by atoms with van der Waals surface area (Å²) in [4.78, 5) is 14.0. The highest BCUT2D eigenvalue weighted by Crippen LogP contribution is 2.52. The third-order valence-corrected chi connectivity index (χ3v) is 3.95. The molecule has 2 rings (SSSR count). The van der Waals surface area contributed by atoms with Gasteiger partial charge in [-0.15, -0.1) is 0 Å². The van der Waals surface area contributed by atoms with Crippen LogP contribution in [0.1, 0.15) is 33.1 Å². The van der Waals surface area contributed by atoms with E-state index in [1.54, 1.807) is 0 Å². The first-order valence-electron chi connectivity index (χ1n) is 5.94. The van der Waals surface area contributed by atoms with Crippen LogP contribution in [0.4, 0.5) is 0 Å². The van der Waals surface area contributed by atoms with Crippen LogP contribution in [0.15, 0.2) is 0 Å². The molecule has 1 saturated carbocycles. The Labute approximate surface area is 91.5 Å². The van der Waals surface area contributed by atoms with Gasteiger partial charge >= 0.3 is 0 Å². The average molecular weight is 211 g/mol. The second-order valence-corrected chi connectivity index (χ2v) is 5.70. The summed E-state index contributed by atoms with van der Waals surface area (Å²) >= 11 is 0. The molecule has 0 radical (unpaired) electrons. The quantitative estimate of drug-likeness (QED) is 0.763. The summed E-state index contributed by atoms with van der Waals surface area (Å²) in [6, 6.07) is 0. The van der Waals surface area contributed by atoms with E-state index in [1.807, 2.05) is 4.90 Å². The lowest BCUT2D eigenvalue weighted by Gasteiger charge is -2.17. The van der Waals surface area contributed by atoms with Crippen molar-refractivity contribution < 1.29 is 9.90 Å². The molecule has 3 heteroatoms. The molecule has 0 aromatic rings. The van der Waals surface area contributed by atoms with E-state index in [-0.39, 0.29) is 17.9 Å². The van der Waals surface area contributed by atoms with Gasteiger partial charge in [0.2, 0.25) is 5.91 Å². The van der Waals surface area contributed by atoms with E-state index in [0.29, 0.717) is 11.8 Å². The number of rotatable bonds is 3. The van der Waals surface area contributed by atoms with Gasteiger partial charge in [-0.25, -0.2) is 0 Å². The lowest BCUT2D eigenvalue weighted by molar-refractivity contribution is -0.132. The predicted octanol–water partition coefficient (Wildman–Crippen LogP) is 1.26. The van der Waals surface area contributed by atoms with Crippen molar-refractivity contribution in [3.63, 3.8) is 0 Å². The highest BCUT2D eigenvalue weighted by Gasteiger charge is 2.52. The molecule has 86 valence electrons. The van der Waals surface area contributed by atoms with E-state index in [4.69, 9.17) is 5.11 Å². The van der Waals surface area contributed by atoms with Crippen LogP contribution in [-0.2, 0) is 4.79 Å². The molecule has 1 saturated heterocycles. The third-order valence-electron chi connectivity index (χ3n) is 3.95. The first-order valence-corrected chi connectivity index (χ1v) is 5.94. The Morgan fingerprint density at radius 1 is 1.53 bits per heavy atom. The van der Waals surface area contributed by atoms with Crippen molar-refractivity contribution in [2.24, 2.45) is 17.3 Å². The van der Waals surface area contributed by atoms with E-state index in [9.17, 15) is 4.79 Å². The standard InChI is InChI=1S/C12H21NO2/c1-12(2)7-10(12)11(15)13-5-3-9(8-13)4-6-14/h9-10,14H,3-8H2,1-2H3. The lowest BCUT2D eigenvalue weighted by atomic mass is 10.1. The summed E-state index contributed by atoms with van der Waals surface area (Å²) < 4.78 is 0.